The van der Waals surface area contributed by atoms with Crippen LogP contribution in [0.5, 0.6) is 11.5 Å². The zero-order valence-electron chi connectivity index (χ0n) is 16.8. The second-order valence-corrected chi connectivity index (χ2v) is 8.52. The van der Waals surface area contributed by atoms with E-state index in [4.69, 9.17) is 4.74 Å². The van der Waals surface area contributed by atoms with Gasteiger partial charge in [-0.2, -0.15) is 5.26 Å². The van der Waals surface area contributed by atoms with Crippen LogP contribution in [-0.2, 0) is 4.79 Å². The van der Waals surface area contributed by atoms with E-state index < -0.39 is 0 Å². The second kappa shape index (κ2) is 8.38. The molecule has 0 N–H and O–H groups in total. The van der Waals surface area contributed by atoms with E-state index in [1.807, 2.05) is 54.6 Å². The molecule has 0 radical (unpaired) electrons. The molecule has 3 heterocycles. The molecule has 2 fully saturated rings. The van der Waals surface area contributed by atoms with Gasteiger partial charge in [-0.1, -0.05) is 41.7 Å². The van der Waals surface area contributed by atoms with Crippen LogP contribution >= 0.6 is 11.3 Å². The number of nitriles is 1. The molecule has 7 nitrogen and oxygen atoms in total. The van der Waals surface area contributed by atoms with Gasteiger partial charge in [0, 0.05) is 37.9 Å². The van der Waals surface area contributed by atoms with Crippen molar-refractivity contribution in [3.05, 3.63) is 60.8 Å². The molecule has 5 rings (SSSR count). The lowest BCUT2D eigenvalue weighted by Gasteiger charge is -2.44. The van der Waals surface area contributed by atoms with Gasteiger partial charge in [0.05, 0.1) is 11.4 Å². The van der Waals surface area contributed by atoms with Gasteiger partial charge < -0.3 is 9.64 Å². The highest BCUT2D eigenvalue weighted by Crippen LogP contribution is 2.39. The number of piperazine rings is 2. The maximum absolute atomic E-state index is 13.2. The third-order valence-electron chi connectivity index (χ3n) is 5.64. The number of benzene rings is 2. The summed E-state index contributed by atoms with van der Waals surface area (Å²) >= 11 is 1.48. The molecular formula is C23H21N5O2S. The lowest BCUT2D eigenvalue weighted by Crippen LogP contribution is -2.64. The molecule has 0 spiro atoms. The molecular weight excluding hydrogens is 410 g/mol. The largest absolute Gasteiger partial charge is 0.457 e. The molecule has 2 aliphatic heterocycles. The molecule has 2 saturated heterocycles. The van der Waals surface area contributed by atoms with E-state index in [2.05, 4.69) is 16.1 Å². The smallest absolute Gasteiger partial charge is 0.248 e. The minimum absolute atomic E-state index is 0.0147. The molecule has 156 valence electrons. The van der Waals surface area contributed by atoms with Gasteiger partial charge in [0.2, 0.25) is 5.91 Å². The molecule has 0 saturated carbocycles. The van der Waals surface area contributed by atoms with Crippen LogP contribution in [-0.4, -0.2) is 59.5 Å². The Hall–Kier alpha value is -3.41. The Kier molecular flexibility index (Phi) is 5.28. The van der Waals surface area contributed by atoms with Crippen LogP contribution in [0, 0.1) is 11.5 Å². The number of anilines is 1. The predicted molar refractivity (Wildman–Crippen MR) is 119 cm³/mol. The van der Waals surface area contributed by atoms with Crippen molar-refractivity contribution in [2.45, 2.75) is 6.04 Å². The predicted octanol–water partition coefficient (Wildman–Crippen LogP) is 3.42. The van der Waals surface area contributed by atoms with E-state index in [1.54, 1.807) is 16.0 Å². The van der Waals surface area contributed by atoms with Gasteiger partial charge in [-0.15, -0.1) is 0 Å². The number of hydrogen-bond acceptors (Lipinski definition) is 7. The number of hydrogen-bond donors (Lipinski definition) is 0. The summed E-state index contributed by atoms with van der Waals surface area (Å²) in [6.45, 7) is 3.26. The second-order valence-electron chi connectivity index (χ2n) is 7.51. The van der Waals surface area contributed by atoms with Crippen LogP contribution in [0.4, 0.5) is 5.13 Å². The molecule has 2 aliphatic rings. The molecule has 8 heteroatoms. The number of amides is 1. The van der Waals surface area contributed by atoms with Gasteiger partial charge in [0.25, 0.3) is 0 Å². The van der Waals surface area contributed by atoms with Gasteiger partial charge >= 0.3 is 0 Å². The van der Waals surface area contributed by atoms with E-state index in [-0.39, 0.29) is 11.9 Å². The van der Waals surface area contributed by atoms with Crippen molar-refractivity contribution >= 4 is 22.4 Å². The van der Waals surface area contributed by atoms with Crippen molar-refractivity contribution in [1.82, 2.24) is 14.8 Å². The number of carbonyl (C=O) groups excluding carboxylic acids is 1. The highest BCUT2D eigenvalue weighted by Gasteiger charge is 2.39. The molecule has 31 heavy (non-hydrogen) atoms. The van der Waals surface area contributed by atoms with E-state index in [1.165, 1.54) is 11.3 Å². The first-order valence-corrected chi connectivity index (χ1v) is 11.0. The zero-order valence-corrected chi connectivity index (χ0v) is 17.7. The fraction of sp³-hybridized carbons (Fsp3) is 0.261. The number of fused-ring (bicyclic) bond motifs is 1. The maximum atomic E-state index is 13.2. The van der Waals surface area contributed by atoms with Gasteiger partial charge in [-0.05, 0) is 24.3 Å². The van der Waals surface area contributed by atoms with E-state index in [0.717, 1.165) is 35.0 Å². The Morgan fingerprint density at radius 2 is 1.81 bits per heavy atom. The SMILES string of the molecule is N#CN1CCN2CCN(c3ncc(-c4ccccc4Oc4ccccc4)s3)C(=O)[C@H]2C1. The number of aromatic nitrogens is 1. The van der Waals surface area contributed by atoms with Crippen LogP contribution in [0.1, 0.15) is 0 Å². The molecule has 1 atom stereocenters. The van der Waals surface area contributed by atoms with Gasteiger partial charge in [0.15, 0.2) is 11.3 Å². The van der Waals surface area contributed by atoms with Gasteiger partial charge in [-0.25, -0.2) is 4.98 Å². The topological polar surface area (TPSA) is 72.7 Å². The molecule has 2 aromatic carbocycles. The summed E-state index contributed by atoms with van der Waals surface area (Å²) < 4.78 is 6.09. The summed E-state index contributed by atoms with van der Waals surface area (Å²) in [5.74, 6) is 1.53. The number of thiazole rings is 1. The number of rotatable bonds is 4. The number of para-hydroxylation sites is 2. The molecule has 0 aliphatic carbocycles. The van der Waals surface area contributed by atoms with Crippen LogP contribution in [0.15, 0.2) is 60.8 Å². The standard InChI is InChI=1S/C23H21N5O2S/c24-16-26-10-11-27-12-13-28(22(29)19(27)15-26)23-25-14-21(31-23)18-8-4-5-9-20(18)30-17-6-2-1-3-7-17/h1-9,14,19H,10-13,15H2/t19-/m1/s1. The molecule has 3 aromatic rings. The summed E-state index contributed by atoms with van der Waals surface area (Å²) in [7, 11) is 0. The van der Waals surface area contributed by atoms with Gasteiger partial charge in [0.1, 0.15) is 17.5 Å². The van der Waals surface area contributed by atoms with Crippen LogP contribution < -0.4 is 9.64 Å². The van der Waals surface area contributed by atoms with E-state index in [9.17, 15) is 10.1 Å². The fourth-order valence-corrected chi connectivity index (χ4v) is 4.99. The van der Waals surface area contributed by atoms with Crippen molar-refractivity contribution in [3.63, 3.8) is 0 Å². The number of carbonyl (C=O) groups is 1. The quantitative estimate of drug-likeness (QED) is 0.590. The monoisotopic (exact) mass is 431 g/mol. The first-order valence-electron chi connectivity index (χ1n) is 10.2. The summed E-state index contributed by atoms with van der Waals surface area (Å²) in [6, 6.07) is 17.2. The minimum Gasteiger partial charge on any atom is -0.457 e. The highest BCUT2D eigenvalue weighted by molar-refractivity contribution is 7.19. The first kappa shape index (κ1) is 19.5. The van der Waals surface area contributed by atoms with E-state index >= 15 is 0 Å². The van der Waals surface area contributed by atoms with Gasteiger partial charge in [-0.3, -0.25) is 14.6 Å². The Labute approximate surface area is 184 Å². The number of ether oxygens (including phenoxy) is 1. The van der Waals surface area contributed by atoms with Crippen molar-refractivity contribution in [2.75, 3.05) is 37.6 Å². The summed E-state index contributed by atoms with van der Waals surface area (Å²) in [5.41, 5.74) is 0.939. The van der Waals surface area contributed by atoms with Crippen molar-refractivity contribution in [2.24, 2.45) is 0 Å². The lowest BCUT2D eigenvalue weighted by molar-refractivity contribution is -0.127. The molecule has 1 aromatic heterocycles. The summed E-state index contributed by atoms with van der Waals surface area (Å²) in [6.07, 6.45) is 3.97. The third kappa shape index (κ3) is 3.85. The maximum Gasteiger partial charge on any atom is 0.248 e. The average Bonchev–Trinajstić information content (AvgIpc) is 3.30. The zero-order chi connectivity index (χ0) is 21.2. The Balaban J connectivity index is 1.39. The van der Waals surface area contributed by atoms with Crippen LogP contribution in [0.2, 0.25) is 0 Å². The first-order chi connectivity index (χ1) is 15.2. The van der Waals surface area contributed by atoms with Crippen LogP contribution in [0.3, 0.4) is 0 Å². The Morgan fingerprint density at radius 3 is 2.65 bits per heavy atom. The number of nitrogens with zero attached hydrogens (tertiary/aromatic N) is 5. The summed E-state index contributed by atoms with van der Waals surface area (Å²) in [5, 5.41) is 9.91. The minimum atomic E-state index is -0.289. The van der Waals surface area contributed by atoms with Crippen molar-refractivity contribution < 1.29 is 9.53 Å². The average molecular weight is 432 g/mol. The van der Waals surface area contributed by atoms with Crippen LogP contribution in [0.25, 0.3) is 10.4 Å². The Morgan fingerprint density at radius 1 is 1.03 bits per heavy atom. The third-order valence-corrected chi connectivity index (χ3v) is 6.70. The van der Waals surface area contributed by atoms with E-state index in [0.29, 0.717) is 24.8 Å². The highest BCUT2D eigenvalue weighted by atomic mass is 32.1. The molecule has 1 amide bonds. The normalized spacial score (nSPS) is 19.1. The molecule has 0 unspecified atom stereocenters. The molecule has 0 bridgehead atoms. The lowest BCUT2D eigenvalue weighted by atomic mass is 10.1. The van der Waals surface area contributed by atoms with Crippen molar-refractivity contribution in [3.8, 4) is 28.1 Å². The fourth-order valence-electron chi connectivity index (χ4n) is 4.01. The van der Waals surface area contributed by atoms with Crippen molar-refractivity contribution in [1.29, 1.82) is 5.26 Å². The Bertz CT molecular complexity index is 1130. The summed E-state index contributed by atoms with van der Waals surface area (Å²) in [4.78, 5) is 24.3.